The van der Waals surface area contributed by atoms with E-state index in [1.54, 1.807) is 9.58 Å². The SMILES string of the molecule is Cc1ccc(-n2nnc(C(=O)N(CCCC(=O)O)Cc3ccccc3)c2C)cc1. The van der Waals surface area contributed by atoms with Crippen molar-refractivity contribution in [1.82, 2.24) is 19.9 Å². The third kappa shape index (κ3) is 5.07. The summed E-state index contributed by atoms with van der Waals surface area (Å²) in [6.07, 6.45) is 0.382. The van der Waals surface area contributed by atoms with E-state index in [1.807, 2.05) is 68.4 Å². The second-order valence-electron chi connectivity index (χ2n) is 6.98. The lowest BCUT2D eigenvalue weighted by Gasteiger charge is -2.22. The van der Waals surface area contributed by atoms with Crippen LogP contribution in [0.5, 0.6) is 0 Å². The summed E-state index contributed by atoms with van der Waals surface area (Å²) in [5, 5.41) is 17.2. The molecule has 2 aromatic carbocycles. The second kappa shape index (κ2) is 9.14. The van der Waals surface area contributed by atoms with Crippen molar-refractivity contribution < 1.29 is 14.7 Å². The Balaban J connectivity index is 1.84. The van der Waals surface area contributed by atoms with Gasteiger partial charge >= 0.3 is 5.97 Å². The Morgan fingerprint density at radius 1 is 1.03 bits per heavy atom. The lowest BCUT2D eigenvalue weighted by Crippen LogP contribution is -2.32. The van der Waals surface area contributed by atoms with E-state index < -0.39 is 5.97 Å². The van der Waals surface area contributed by atoms with Crippen molar-refractivity contribution in [2.45, 2.75) is 33.2 Å². The average Bonchev–Trinajstić information content (AvgIpc) is 3.09. The first-order chi connectivity index (χ1) is 14.0. The monoisotopic (exact) mass is 392 g/mol. The van der Waals surface area contributed by atoms with Crippen molar-refractivity contribution in [3.8, 4) is 5.69 Å². The van der Waals surface area contributed by atoms with Crippen LogP contribution in [-0.4, -0.2) is 43.4 Å². The van der Waals surface area contributed by atoms with E-state index in [4.69, 9.17) is 5.11 Å². The number of carboxylic acids is 1. The van der Waals surface area contributed by atoms with Gasteiger partial charge in [-0.05, 0) is 38.0 Å². The van der Waals surface area contributed by atoms with Crippen molar-refractivity contribution in [2.24, 2.45) is 0 Å². The summed E-state index contributed by atoms with van der Waals surface area (Å²) in [7, 11) is 0. The smallest absolute Gasteiger partial charge is 0.303 e. The highest BCUT2D eigenvalue weighted by atomic mass is 16.4. The minimum absolute atomic E-state index is 0.00755. The Morgan fingerprint density at radius 2 is 1.72 bits per heavy atom. The number of rotatable bonds is 8. The first-order valence-corrected chi connectivity index (χ1v) is 9.50. The molecular formula is C22H24N4O3. The largest absolute Gasteiger partial charge is 0.481 e. The molecule has 7 nitrogen and oxygen atoms in total. The number of carboxylic acid groups (broad SMARTS) is 1. The third-order valence-corrected chi connectivity index (χ3v) is 4.70. The molecule has 3 aromatic rings. The number of aryl methyl sites for hydroxylation is 1. The standard InChI is InChI=1S/C22H24N4O3/c1-16-10-12-19(13-11-16)26-17(2)21(23-24-26)22(29)25(14-6-9-20(27)28)15-18-7-4-3-5-8-18/h3-5,7-8,10-13H,6,9,14-15H2,1-2H3,(H,27,28). The molecule has 7 heteroatoms. The summed E-state index contributed by atoms with van der Waals surface area (Å²) in [6, 6.07) is 17.4. The van der Waals surface area contributed by atoms with Gasteiger partial charge in [-0.1, -0.05) is 53.2 Å². The predicted octanol–water partition coefficient (Wildman–Crippen LogP) is 3.39. The van der Waals surface area contributed by atoms with Crippen LogP contribution in [0.25, 0.3) is 5.69 Å². The van der Waals surface area contributed by atoms with Gasteiger partial charge in [-0.25, -0.2) is 4.68 Å². The molecule has 0 aliphatic carbocycles. The van der Waals surface area contributed by atoms with Crippen molar-refractivity contribution in [3.05, 3.63) is 77.1 Å². The van der Waals surface area contributed by atoms with Crippen LogP contribution in [0.15, 0.2) is 54.6 Å². The Hall–Kier alpha value is -3.48. The van der Waals surface area contributed by atoms with Gasteiger partial charge < -0.3 is 10.0 Å². The number of aromatic nitrogens is 3. The molecule has 0 aliphatic heterocycles. The van der Waals surface area contributed by atoms with Crippen molar-refractivity contribution in [2.75, 3.05) is 6.54 Å². The molecule has 0 aliphatic rings. The number of hydrogen-bond acceptors (Lipinski definition) is 4. The summed E-state index contributed by atoms with van der Waals surface area (Å²) in [5.41, 5.74) is 3.86. The fraction of sp³-hybridized carbons (Fsp3) is 0.273. The van der Waals surface area contributed by atoms with Gasteiger partial charge in [0.05, 0.1) is 11.4 Å². The van der Waals surface area contributed by atoms with Gasteiger partial charge in [-0.3, -0.25) is 9.59 Å². The van der Waals surface area contributed by atoms with Crippen LogP contribution in [0.2, 0.25) is 0 Å². The molecule has 1 N–H and O–H groups in total. The second-order valence-corrected chi connectivity index (χ2v) is 6.98. The molecule has 1 amide bonds. The fourth-order valence-corrected chi connectivity index (χ4v) is 3.09. The zero-order valence-corrected chi connectivity index (χ0v) is 16.6. The van der Waals surface area contributed by atoms with Crippen LogP contribution >= 0.6 is 0 Å². The fourth-order valence-electron chi connectivity index (χ4n) is 3.09. The van der Waals surface area contributed by atoms with Crippen molar-refractivity contribution in [1.29, 1.82) is 0 Å². The molecule has 0 saturated carbocycles. The van der Waals surface area contributed by atoms with E-state index in [1.165, 1.54) is 0 Å². The maximum Gasteiger partial charge on any atom is 0.303 e. The molecule has 0 spiro atoms. The zero-order chi connectivity index (χ0) is 20.8. The van der Waals surface area contributed by atoms with E-state index in [9.17, 15) is 9.59 Å². The van der Waals surface area contributed by atoms with E-state index in [0.29, 0.717) is 25.2 Å². The molecule has 3 rings (SSSR count). The van der Waals surface area contributed by atoms with Gasteiger partial charge in [0.1, 0.15) is 0 Å². The molecular weight excluding hydrogens is 368 g/mol. The minimum atomic E-state index is -0.876. The van der Waals surface area contributed by atoms with Gasteiger partial charge in [-0.2, -0.15) is 0 Å². The number of benzene rings is 2. The maximum absolute atomic E-state index is 13.2. The highest BCUT2D eigenvalue weighted by molar-refractivity contribution is 5.93. The lowest BCUT2D eigenvalue weighted by molar-refractivity contribution is -0.137. The molecule has 0 bridgehead atoms. The van der Waals surface area contributed by atoms with E-state index >= 15 is 0 Å². The number of hydrogen-bond donors (Lipinski definition) is 1. The van der Waals surface area contributed by atoms with E-state index in [2.05, 4.69) is 10.3 Å². The Morgan fingerprint density at radius 3 is 2.38 bits per heavy atom. The van der Waals surface area contributed by atoms with Crippen LogP contribution < -0.4 is 0 Å². The maximum atomic E-state index is 13.2. The first-order valence-electron chi connectivity index (χ1n) is 9.50. The van der Waals surface area contributed by atoms with Crippen LogP contribution in [0, 0.1) is 13.8 Å². The quantitative estimate of drug-likeness (QED) is 0.635. The molecule has 0 unspecified atom stereocenters. The summed E-state index contributed by atoms with van der Waals surface area (Å²) < 4.78 is 1.64. The molecule has 0 radical (unpaired) electrons. The molecule has 1 aromatic heterocycles. The molecule has 0 saturated heterocycles. The van der Waals surface area contributed by atoms with Crippen LogP contribution in [-0.2, 0) is 11.3 Å². The molecule has 29 heavy (non-hydrogen) atoms. The normalized spacial score (nSPS) is 10.7. The van der Waals surface area contributed by atoms with Gasteiger partial charge in [0, 0.05) is 19.5 Å². The highest BCUT2D eigenvalue weighted by Crippen LogP contribution is 2.16. The average molecular weight is 392 g/mol. The van der Waals surface area contributed by atoms with Crippen LogP contribution in [0.3, 0.4) is 0 Å². The molecule has 0 fully saturated rings. The zero-order valence-electron chi connectivity index (χ0n) is 16.6. The Bertz CT molecular complexity index is 981. The summed E-state index contributed by atoms with van der Waals surface area (Å²) in [4.78, 5) is 25.7. The summed E-state index contributed by atoms with van der Waals surface area (Å²) >= 11 is 0. The number of carbonyl (C=O) groups is 2. The first kappa shape index (κ1) is 20.3. The third-order valence-electron chi connectivity index (χ3n) is 4.70. The highest BCUT2D eigenvalue weighted by Gasteiger charge is 2.23. The Kier molecular flexibility index (Phi) is 6.39. The van der Waals surface area contributed by atoms with Gasteiger partial charge in [0.25, 0.3) is 5.91 Å². The number of carbonyl (C=O) groups excluding carboxylic acids is 1. The van der Waals surface area contributed by atoms with E-state index in [-0.39, 0.29) is 18.0 Å². The van der Waals surface area contributed by atoms with Crippen LogP contribution in [0.1, 0.15) is 40.2 Å². The predicted molar refractivity (Wildman–Crippen MR) is 109 cm³/mol. The topological polar surface area (TPSA) is 88.3 Å². The van der Waals surface area contributed by atoms with Crippen molar-refractivity contribution >= 4 is 11.9 Å². The summed E-state index contributed by atoms with van der Waals surface area (Å²) in [5.74, 6) is -1.13. The van der Waals surface area contributed by atoms with Gasteiger partial charge in [0.2, 0.25) is 0 Å². The number of aliphatic carboxylic acids is 1. The van der Waals surface area contributed by atoms with E-state index in [0.717, 1.165) is 16.8 Å². The molecule has 150 valence electrons. The summed E-state index contributed by atoms with van der Waals surface area (Å²) in [6.45, 7) is 4.53. The Labute approximate surface area is 169 Å². The minimum Gasteiger partial charge on any atom is -0.481 e. The molecule has 1 heterocycles. The van der Waals surface area contributed by atoms with Crippen molar-refractivity contribution in [3.63, 3.8) is 0 Å². The van der Waals surface area contributed by atoms with Gasteiger partial charge in [0.15, 0.2) is 5.69 Å². The number of amides is 1. The van der Waals surface area contributed by atoms with Crippen LogP contribution in [0.4, 0.5) is 0 Å². The number of nitrogens with zero attached hydrogens (tertiary/aromatic N) is 4. The van der Waals surface area contributed by atoms with Gasteiger partial charge in [-0.15, -0.1) is 5.10 Å². The molecule has 0 atom stereocenters. The lowest BCUT2D eigenvalue weighted by atomic mass is 10.1.